The van der Waals surface area contributed by atoms with Gasteiger partial charge >= 0.3 is 0 Å². The smallest absolute Gasteiger partial charge is 0.142 e. The number of anilines is 1. The second kappa shape index (κ2) is 5.93. The highest BCUT2D eigenvalue weighted by atomic mass is 16.5. The maximum Gasteiger partial charge on any atom is 0.142 e. The highest BCUT2D eigenvalue weighted by Gasteiger charge is 2.25. The van der Waals surface area contributed by atoms with Gasteiger partial charge in [0, 0.05) is 12.6 Å². The van der Waals surface area contributed by atoms with Crippen molar-refractivity contribution in [1.82, 2.24) is 0 Å². The van der Waals surface area contributed by atoms with Crippen molar-refractivity contribution in [3.05, 3.63) is 18.2 Å². The standard InChI is InChI=1S/C13H19NO4/c1-16-11-3-4-13(17-2)12(7-11)14-5-6-18-9-10(14)8-15/h3-4,7,10,15H,5-6,8-9H2,1-2H3. The number of morpholine rings is 1. The molecular weight excluding hydrogens is 234 g/mol. The van der Waals surface area contributed by atoms with Crippen molar-refractivity contribution in [3.8, 4) is 11.5 Å². The molecule has 1 aromatic carbocycles. The highest BCUT2D eigenvalue weighted by Crippen LogP contribution is 2.34. The average molecular weight is 253 g/mol. The molecule has 0 aromatic heterocycles. The number of nitrogens with zero attached hydrogens (tertiary/aromatic N) is 1. The van der Waals surface area contributed by atoms with Gasteiger partial charge in [0.25, 0.3) is 0 Å². The first kappa shape index (κ1) is 13.0. The third kappa shape index (κ3) is 2.52. The van der Waals surface area contributed by atoms with E-state index in [1.807, 2.05) is 18.2 Å². The Kier molecular flexibility index (Phi) is 4.28. The first-order chi connectivity index (χ1) is 8.80. The lowest BCUT2D eigenvalue weighted by atomic mass is 10.1. The minimum atomic E-state index is -0.0419. The predicted octanol–water partition coefficient (Wildman–Crippen LogP) is 0.901. The van der Waals surface area contributed by atoms with Gasteiger partial charge in [-0.1, -0.05) is 0 Å². The number of rotatable bonds is 4. The topological polar surface area (TPSA) is 51.2 Å². The summed E-state index contributed by atoms with van der Waals surface area (Å²) in [4.78, 5) is 2.10. The predicted molar refractivity (Wildman–Crippen MR) is 68.6 cm³/mol. The molecule has 2 rings (SSSR count). The molecule has 0 saturated carbocycles. The Morgan fingerprint density at radius 3 is 2.89 bits per heavy atom. The summed E-state index contributed by atoms with van der Waals surface area (Å²) in [5, 5.41) is 9.42. The fraction of sp³-hybridized carbons (Fsp3) is 0.538. The molecule has 1 saturated heterocycles. The number of hydrogen-bond acceptors (Lipinski definition) is 5. The van der Waals surface area contributed by atoms with Gasteiger partial charge in [-0.05, 0) is 12.1 Å². The van der Waals surface area contributed by atoms with Gasteiger partial charge in [0.1, 0.15) is 11.5 Å². The number of aliphatic hydroxyl groups excluding tert-OH is 1. The Labute approximate surface area is 107 Å². The van der Waals surface area contributed by atoms with E-state index in [0.717, 1.165) is 23.7 Å². The molecule has 0 aliphatic carbocycles. The molecule has 1 aliphatic rings. The third-order valence-electron chi connectivity index (χ3n) is 3.13. The summed E-state index contributed by atoms with van der Waals surface area (Å²) in [5.41, 5.74) is 0.930. The monoisotopic (exact) mass is 253 g/mol. The van der Waals surface area contributed by atoms with Crippen LogP contribution < -0.4 is 14.4 Å². The molecule has 18 heavy (non-hydrogen) atoms. The number of aliphatic hydroxyl groups is 1. The van der Waals surface area contributed by atoms with Crippen molar-refractivity contribution in [3.63, 3.8) is 0 Å². The largest absolute Gasteiger partial charge is 0.497 e. The molecule has 1 N–H and O–H groups in total. The lowest BCUT2D eigenvalue weighted by molar-refractivity contribution is 0.0724. The van der Waals surface area contributed by atoms with Crippen LogP contribution in [0.4, 0.5) is 5.69 Å². The van der Waals surface area contributed by atoms with E-state index < -0.39 is 0 Å². The maximum atomic E-state index is 9.42. The van der Waals surface area contributed by atoms with Crippen LogP contribution >= 0.6 is 0 Å². The van der Waals surface area contributed by atoms with Gasteiger partial charge in [0.2, 0.25) is 0 Å². The zero-order chi connectivity index (χ0) is 13.0. The Balaban J connectivity index is 2.34. The van der Waals surface area contributed by atoms with Crippen LogP contribution in [-0.4, -0.2) is 51.7 Å². The van der Waals surface area contributed by atoms with Gasteiger partial charge in [-0.2, -0.15) is 0 Å². The molecule has 0 spiro atoms. The Bertz CT molecular complexity index is 397. The third-order valence-corrected chi connectivity index (χ3v) is 3.13. The molecule has 0 amide bonds. The van der Waals surface area contributed by atoms with Crippen molar-refractivity contribution in [1.29, 1.82) is 0 Å². The molecule has 1 atom stereocenters. The van der Waals surface area contributed by atoms with Crippen molar-refractivity contribution in [2.75, 3.05) is 45.5 Å². The molecule has 0 radical (unpaired) electrons. The van der Waals surface area contributed by atoms with Crippen molar-refractivity contribution in [2.45, 2.75) is 6.04 Å². The first-order valence-corrected chi connectivity index (χ1v) is 5.97. The Hall–Kier alpha value is -1.46. The van der Waals surface area contributed by atoms with Gasteiger partial charge in [-0.3, -0.25) is 0 Å². The van der Waals surface area contributed by atoms with Gasteiger partial charge in [0.15, 0.2) is 0 Å². The minimum absolute atomic E-state index is 0.0419. The van der Waals surface area contributed by atoms with E-state index in [2.05, 4.69) is 4.90 Å². The van der Waals surface area contributed by atoms with Crippen LogP contribution in [0.1, 0.15) is 0 Å². The van der Waals surface area contributed by atoms with E-state index in [-0.39, 0.29) is 12.6 Å². The fourth-order valence-corrected chi connectivity index (χ4v) is 2.14. The summed E-state index contributed by atoms with van der Waals surface area (Å²) in [7, 11) is 3.27. The SMILES string of the molecule is COc1ccc(OC)c(N2CCOCC2CO)c1. The Morgan fingerprint density at radius 2 is 2.22 bits per heavy atom. The second-order valence-corrected chi connectivity index (χ2v) is 4.14. The van der Waals surface area contributed by atoms with Crippen molar-refractivity contribution >= 4 is 5.69 Å². The van der Waals surface area contributed by atoms with Crippen LogP contribution in [-0.2, 0) is 4.74 Å². The maximum absolute atomic E-state index is 9.42. The Morgan fingerprint density at radius 1 is 1.39 bits per heavy atom. The van der Waals surface area contributed by atoms with Gasteiger partial charge < -0.3 is 24.2 Å². The molecule has 5 heteroatoms. The van der Waals surface area contributed by atoms with E-state index in [1.54, 1.807) is 14.2 Å². The van der Waals surface area contributed by atoms with E-state index in [4.69, 9.17) is 14.2 Å². The van der Waals surface area contributed by atoms with Crippen LogP contribution in [0.15, 0.2) is 18.2 Å². The molecule has 1 fully saturated rings. The molecule has 100 valence electrons. The van der Waals surface area contributed by atoms with Crippen LogP contribution in [0.25, 0.3) is 0 Å². The summed E-state index contributed by atoms with van der Waals surface area (Å²) < 4.78 is 16.0. The number of hydrogen-bond donors (Lipinski definition) is 1. The van der Waals surface area contributed by atoms with E-state index in [1.165, 1.54) is 0 Å². The summed E-state index contributed by atoms with van der Waals surface area (Å²) in [6.45, 7) is 1.96. The summed E-state index contributed by atoms with van der Waals surface area (Å²) in [6, 6.07) is 5.61. The van der Waals surface area contributed by atoms with Crippen LogP contribution in [0, 0.1) is 0 Å². The first-order valence-electron chi connectivity index (χ1n) is 5.97. The lowest BCUT2D eigenvalue weighted by Crippen LogP contribution is -2.47. The van der Waals surface area contributed by atoms with Crippen LogP contribution in [0.3, 0.4) is 0 Å². The van der Waals surface area contributed by atoms with Crippen LogP contribution in [0.5, 0.6) is 11.5 Å². The van der Waals surface area contributed by atoms with Gasteiger partial charge in [-0.15, -0.1) is 0 Å². The quantitative estimate of drug-likeness (QED) is 0.864. The van der Waals surface area contributed by atoms with E-state index in [0.29, 0.717) is 13.2 Å². The number of benzene rings is 1. The fourth-order valence-electron chi connectivity index (χ4n) is 2.14. The number of ether oxygens (including phenoxy) is 3. The molecular formula is C13H19NO4. The van der Waals surface area contributed by atoms with Crippen LogP contribution in [0.2, 0.25) is 0 Å². The highest BCUT2D eigenvalue weighted by molar-refractivity contribution is 5.62. The van der Waals surface area contributed by atoms with Gasteiger partial charge in [0.05, 0.1) is 45.8 Å². The minimum Gasteiger partial charge on any atom is -0.497 e. The number of methoxy groups -OCH3 is 2. The summed E-state index contributed by atoms with van der Waals surface area (Å²) in [6.07, 6.45) is 0. The van der Waals surface area contributed by atoms with Crippen molar-refractivity contribution in [2.24, 2.45) is 0 Å². The molecule has 5 nitrogen and oxygen atoms in total. The zero-order valence-corrected chi connectivity index (χ0v) is 10.8. The molecule has 1 unspecified atom stereocenters. The molecule has 1 aromatic rings. The zero-order valence-electron chi connectivity index (χ0n) is 10.8. The average Bonchev–Trinajstić information content (AvgIpc) is 2.46. The summed E-state index contributed by atoms with van der Waals surface area (Å²) >= 11 is 0. The lowest BCUT2D eigenvalue weighted by Gasteiger charge is -2.37. The normalized spacial score (nSPS) is 19.7. The molecule has 1 heterocycles. The van der Waals surface area contributed by atoms with Crippen molar-refractivity contribution < 1.29 is 19.3 Å². The van der Waals surface area contributed by atoms with E-state index in [9.17, 15) is 5.11 Å². The second-order valence-electron chi connectivity index (χ2n) is 4.14. The van der Waals surface area contributed by atoms with Gasteiger partial charge in [-0.25, -0.2) is 0 Å². The molecule has 1 aliphatic heterocycles. The van der Waals surface area contributed by atoms with E-state index >= 15 is 0 Å². The summed E-state index contributed by atoms with van der Waals surface area (Å²) in [5.74, 6) is 1.55. The molecule has 0 bridgehead atoms.